The summed E-state index contributed by atoms with van der Waals surface area (Å²) in [4.78, 5) is 0. The number of fused-ring (bicyclic) bond motifs is 1. The largest absolute Gasteiger partial charge is 1.00 e. The van der Waals surface area contributed by atoms with Gasteiger partial charge in [-0.1, -0.05) is 47.9 Å². The summed E-state index contributed by atoms with van der Waals surface area (Å²) in [6.07, 6.45) is 3.91. The van der Waals surface area contributed by atoms with Gasteiger partial charge >= 0.3 is 18.9 Å². The molecular weight excluding hydrogens is 195 g/mol. The molecule has 5 heteroatoms. The van der Waals surface area contributed by atoms with Crippen molar-refractivity contribution in [2.75, 3.05) is 0 Å². The molecule has 1 aromatic carbocycles. The molecule has 0 radical (unpaired) electrons. The summed E-state index contributed by atoms with van der Waals surface area (Å²) in [6, 6.07) is 11.8. The van der Waals surface area contributed by atoms with Crippen LogP contribution < -0.4 is 18.9 Å². The summed E-state index contributed by atoms with van der Waals surface area (Å²) in [5, 5.41) is 8.13. The van der Waals surface area contributed by atoms with E-state index >= 15 is 0 Å². The molecular formula is C11H9LiN4. The Kier molecular flexibility index (Phi) is 3.04. The van der Waals surface area contributed by atoms with Gasteiger partial charge in [0.25, 0.3) is 0 Å². The van der Waals surface area contributed by atoms with E-state index in [1.54, 1.807) is 4.68 Å². The fourth-order valence-electron chi connectivity index (χ4n) is 1.52. The molecule has 0 N–H and O–H groups in total. The molecule has 4 nitrogen and oxygen atoms in total. The van der Waals surface area contributed by atoms with Crippen molar-refractivity contribution in [2.45, 2.75) is 0 Å². The standard InChI is InChI=1S/C11H9N4.Li/c1-2-6-11-10(5-1)12-13-15(11)9-14-7-3-4-8-14;/h1-9H;/q-1;+1. The van der Waals surface area contributed by atoms with Crippen molar-refractivity contribution < 1.29 is 18.9 Å². The zero-order valence-corrected chi connectivity index (χ0v) is 8.99. The molecule has 2 aromatic heterocycles. The maximum Gasteiger partial charge on any atom is 1.00 e. The van der Waals surface area contributed by atoms with Gasteiger partial charge < -0.3 is 4.57 Å². The van der Waals surface area contributed by atoms with Crippen LogP contribution in [0.25, 0.3) is 11.0 Å². The van der Waals surface area contributed by atoms with Gasteiger partial charge in [-0.25, -0.2) is 0 Å². The molecule has 16 heavy (non-hydrogen) atoms. The third kappa shape index (κ3) is 1.85. The first kappa shape index (κ1) is 10.9. The summed E-state index contributed by atoms with van der Waals surface area (Å²) < 4.78 is 3.69. The average molecular weight is 204 g/mol. The second kappa shape index (κ2) is 4.48. The Morgan fingerprint density at radius 2 is 1.75 bits per heavy atom. The van der Waals surface area contributed by atoms with Gasteiger partial charge in [-0.05, 0) is 6.07 Å². The molecule has 0 atom stereocenters. The van der Waals surface area contributed by atoms with E-state index in [4.69, 9.17) is 0 Å². The molecule has 0 fully saturated rings. The molecule has 0 saturated heterocycles. The Balaban J connectivity index is 0.000000963. The molecule has 3 aromatic rings. The normalized spacial score (nSPS) is 10.0. The maximum atomic E-state index is 4.07. The summed E-state index contributed by atoms with van der Waals surface area (Å²) >= 11 is 0. The van der Waals surface area contributed by atoms with Crippen molar-refractivity contribution in [2.24, 2.45) is 0 Å². The molecule has 0 bridgehead atoms. The molecule has 74 valence electrons. The Labute approximate surface area is 105 Å². The van der Waals surface area contributed by atoms with Crippen LogP contribution in [-0.2, 0) is 0 Å². The third-order valence-electron chi connectivity index (χ3n) is 2.25. The second-order valence-corrected chi connectivity index (χ2v) is 3.27. The summed E-state index contributed by atoms with van der Waals surface area (Å²) in [7, 11) is 0. The van der Waals surface area contributed by atoms with E-state index < -0.39 is 0 Å². The van der Waals surface area contributed by atoms with E-state index in [2.05, 4.69) is 10.3 Å². The van der Waals surface area contributed by atoms with E-state index in [1.807, 2.05) is 60.0 Å². The molecule has 0 spiro atoms. The van der Waals surface area contributed by atoms with Gasteiger partial charge in [0.1, 0.15) is 0 Å². The third-order valence-corrected chi connectivity index (χ3v) is 2.25. The minimum absolute atomic E-state index is 0. The van der Waals surface area contributed by atoms with Gasteiger partial charge in [-0.2, -0.15) is 0 Å². The first-order valence-electron chi connectivity index (χ1n) is 4.71. The van der Waals surface area contributed by atoms with E-state index in [9.17, 15) is 0 Å². The van der Waals surface area contributed by atoms with Crippen LogP contribution in [0.15, 0.2) is 48.8 Å². The van der Waals surface area contributed by atoms with Gasteiger partial charge in [0.15, 0.2) is 0 Å². The molecule has 3 rings (SSSR count). The predicted molar refractivity (Wildman–Crippen MR) is 57.1 cm³/mol. The summed E-state index contributed by atoms with van der Waals surface area (Å²) in [5.74, 6) is 0. The zero-order chi connectivity index (χ0) is 10.1. The molecule has 0 saturated carbocycles. The van der Waals surface area contributed by atoms with Crippen LogP contribution in [0.1, 0.15) is 0 Å². The van der Waals surface area contributed by atoms with E-state index in [0.29, 0.717) is 0 Å². The molecule has 0 aliphatic heterocycles. The van der Waals surface area contributed by atoms with Crippen LogP contribution in [0.4, 0.5) is 0 Å². The van der Waals surface area contributed by atoms with Gasteiger partial charge in [0.05, 0.1) is 5.52 Å². The maximum absolute atomic E-state index is 4.07. The second-order valence-electron chi connectivity index (χ2n) is 3.27. The molecule has 0 unspecified atom stereocenters. The Morgan fingerprint density at radius 3 is 2.56 bits per heavy atom. The smallest absolute Gasteiger partial charge is 0.433 e. The molecule has 0 amide bonds. The minimum atomic E-state index is 0. The predicted octanol–water partition coefficient (Wildman–Crippen LogP) is -1.25. The van der Waals surface area contributed by atoms with Gasteiger partial charge in [0.2, 0.25) is 0 Å². The average Bonchev–Trinajstić information content (AvgIpc) is 2.89. The molecule has 0 aliphatic rings. The molecule has 2 heterocycles. The van der Waals surface area contributed by atoms with Gasteiger partial charge in [-0.15, -0.1) is 5.10 Å². The van der Waals surface area contributed by atoms with Crippen molar-refractivity contribution in [3.63, 3.8) is 0 Å². The minimum Gasteiger partial charge on any atom is -0.433 e. The van der Waals surface area contributed by atoms with E-state index in [0.717, 1.165) is 11.0 Å². The van der Waals surface area contributed by atoms with Gasteiger partial charge in [0, 0.05) is 12.2 Å². The molecule has 0 aliphatic carbocycles. The van der Waals surface area contributed by atoms with Crippen LogP contribution in [0.2, 0.25) is 0 Å². The number of hydrogen-bond acceptors (Lipinski definition) is 2. The van der Waals surface area contributed by atoms with Crippen LogP contribution in [0.3, 0.4) is 0 Å². The number of benzene rings is 1. The van der Waals surface area contributed by atoms with Crippen molar-refractivity contribution in [1.82, 2.24) is 19.6 Å². The van der Waals surface area contributed by atoms with E-state index in [1.165, 1.54) is 0 Å². The number of para-hydroxylation sites is 1. The zero-order valence-electron chi connectivity index (χ0n) is 8.99. The monoisotopic (exact) mass is 204 g/mol. The first-order valence-corrected chi connectivity index (χ1v) is 4.71. The van der Waals surface area contributed by atoms with Crippen LogP contribution in [-0.4, -0.2) is 19.6 Å². The first-order chi connectivity index (χ1) is 7.43. The van der Waals surface area contributed by atoms with Crippen LogP contribution >= 0.6 is 0 Å². The fourth-order valence-corrected chi connectivity index (χ4v) is 1.52. The topological polar surface area (TPSA) is 35.6 Å². The Morgan fingerprint density at radius 1 is 1.00 bits per heavy atom. The fraction of sp³-hybridized carbons (Fsp3) is 0. The van der Waals surface area contributed by atoms with E-state index in [-0.39, 0.29) is 18.9 Å². The van der Waals surface area contributed by atoms with Crippen LogP contribution in [0, 0.1) is 6.67 Å². The number of hydrogen-bond donors (Lipinski definition) is 0. The quantitative estimate of drug-likeness (QED) is 0.386. The number of nitrogens with zero attached hydrogens (tertiary/aromatic N) is 4. The number of rotatable bonds is 2. The van der Waals surface area contributed by atoms with Crippen molar-refractivity contribution >= 4 is 11.0 Å². The number of aromatic nitrogens is 4. The van der Waals surface area contributed by atoms with Crippen molar-refractivity contribution in [3.05, 3.63) is 55.5 Å². The summed E-state index contributed by atoms with van der Waals surface area (Å²) in [5.41, 5.74) is 1.91. The van der Waals surface area contributed by atoms with Gasteiger partial charge in [-0.3, -0.25) is 4.68 Å². The van der Waals surface area contributed by atoms with Crippen LogP contribution in [0.5, 0.6) is 0 Å². The SMILES string of the molecule is [Li+].c1ccc2c(c1)nnn2[CH-]n1cccc1. The van der Waals surface area contributed by atoms with Crippen molar-refractivity contribution in [1.29, 1.82) is 0 Å². The van der Waals surface area contributed by atoms with Crippen molar-refractivity contribution in [3.8, 4) is 0 Å². The Bertz CT molecular complexity index is 570. The summed E-state index contributed by atoms with van der Waals surface area (Å²) in [6.45, 7) is 1.88. The Hall–Kier alpha value is -1.63.